The number of benzene rings is 2. The first kappa shape index (κ1) is 28.7. The first-order chi connectivity index (χ1) is 19.7. The van der Waals surface area contributed by atoms with Crippen LogP contribution in [0, 0.1) is 0 Å². The van der Waals surface area contributed by atoms with Crippen molar-refractivity contribution in [1.82, 2.24) is 4.57 Å². The van der Waals surface area contributed by atoms with E-state index in [2.05, 4.69) is 4.99 Å². The number of carbonyl (C=O) groups is 1. The Hall–Kier alpha value is -3.79. The van der Waals surface area contributed by atoms with E-state index in [1.807, 2.05) is 6.92 Å². The SMILES string of the molecule is CCOC(=O)C1=C(C)N=c2s/c(=C\c3ccc(-c4ccc(Cl)c(Cl)c4)o3)c(=O)n2C1c1ccc(OC)c(OCC)c1. The second-order valence-electron chi connectivity index (χ2n) is 8.98. The van der Waals surface area contributed by atoms with Crippen molar-refractivity contribution < 1.29 is 23.4 Å². The van der Waals surface area contributed by atoms with Gasteiger partial charge in [0.15, 0.2) is 16.3 Å². The maximum absolute atomic E-state index is 13.9. The third kappa shape index (κ3) is 5.57. The van der Waals surface area contributed by atoms with Crippen molar-refractivity contribution >= 4 is 46.6 Å². The van der Waals surface area contributed by atoms with Gasteiger partial charge in [0.1, 0.15) is 11.5 Å². The number of hydrogen-bond acceptors (Lipinski definition) is 8. The molecule has 1 aliphatic heterocycles. The normalized spacial score (nSPS) is 15.0. The molecule has 1 atom stereocenters. The zero-order chi connectivity index (χ0) is 29.3. The average Bonchev–Trinajstić information content (AvgIpc) is 3.54. The number of ether oxygens (including phenoxy) is 3. The van der Waals surface area contributed by atoms with Gasteiger partial charge in [-0.05, 0) is 68.8 Å². The van der Waals surface area contributed by atoms with Gasteiger partial charge in [-0.25, -0.2) is 9.79 Å². The van der Waals surface area contributed by atoms with E-state index in [1.54, 1.807) is 75.6 Å². The predicted octanol–water partition coefficient (Wildman–Crippen LogP) is 5.77. The molecular formula is C30H26Cl2N2O6S. The molecule has 0 saturated heterocycles. The fourth-order valence-electron chi connectivity index (χ4n) is 4.60. The number of allylic oxidation sites excluding steroid dienone is 1. The van der Waals surface area contributed by atoms with Gasteiger partial charge in [0.25, 0.3) is 5.56 Å². The molecular weight excluding hydrogens is 587 g/mol. The molecule has 11 heteroatoms. The summed E-state index contributed by atoms with van der Waals surface area (Å²) >= 11 is 13.4. The summed E-state index contributed by atoms with van der Waals surface area (Å²) in [5.74, 6) is 1.54. The molecule has 0 bridgehead atoms. The largest absolute Gasteiger partial charge is 0.493 e. The highest BCUT2D eigenvalue weighted by molar-refractivity contribution is 7.07. The van der Waals surface area contributed by atoms with Crippen molar-refractivity contribution in [3.8, 4) is 22.8 Å². The van der Waals surface area contributed by atoms with Gasteiger partial charge in [-0.3, -0.25) is 9.36 Å². The summed E-state index contributed by atoms with van der Waals surface area (Å²) in [7, 11) is 1.55. The van der Waals surface area contributed by atoms with Crippen LogP contribution >= 0.6 is 34.5 Å². The number of carbonyl (C=O) groups excluding carboxylic acids is 1. The summed E-state index contributed by atoms with van der Waals surface area (Å²) in [6, 6.07) is 13.3. The van der Waals surface area contributed by atoms with Gasteiger partial charge in [0, 0.05) is 11.6 Å². The molecule has 0 fully saturated rings. The number of rotatable bonds is 8. The van der Waals surface area contributed by atoms with E-state index >= 15 is 0 Å². The van der Waals surface area contributed by atoms with Gasteiger partial charge in [0.05, 0.1) is 52.2 Å². The molecule has 8 nitrogen and oxygen atoms in total. The van der Waals surface area contributed by atoms with Crippen LogP contribution in [0.2, 0.25) is 10.0 Å². The van der Waals surface area contributed by atoms with Gasteiger partial charge in [0.2, 0.25) is 0 Å². The van der Waals surface area contributed by atoms with Crippen LogP contribution in [0.5, 0.6) is 11.5 Å². The third-order valence-electron chi connectivity index (χ3n) is 6.42. The van der Waals surface area contributed by atoms with Crippen LogP contribution in [-0.2, 0) is 9.53 Å². The van der Waals surface area contributed by atoms with Crippen molar-refractivity contribution in [2.45, 2.75) is 26.8 Å². The molecule has 0 spiro atoms. The van der Waals surface area contributed by atoms with E-state index in [4.69, 9.17) is 41.8 Å². The quantitative estimate of drug-likeness (QED) is 0.234. The Morgan fingerprint density at radius 3 is 2.59 bits per heavy atom. The zero-order valence-electron chi connectivity index (χ0n) is 22.7. The molecule has 1 aliphatic rings. The standard InChI is InChI=1S/C30H26Cl2N2O6S/c1-5-38-24-14-18(8-11-23(24)37-4)27-26(29(36)39-6-2)16(3)33-30-34(27)28(35)25(41-30)15-19-9-12-22(40-19)17-7-10-20(31)21(32)13-17/h7-15,27H,5-6H2,1-4H3/b25-15-. The number of aromatic nitrogens is 1. The van der Waals surface area contributed by atoms with E-state index < -0.39 is 12.0 Å². The second kappa shape index (κ2) is 12.0. The molecule has 5 rings (SSSR count). The van der Waals surface area contributed by atoms with Crippen LogP contribution in [0.1, 0.15) is 38.1 Å². The summed E-state index contributed by atoms with van der Waals surface area (Å²) < 4.78 is 24.5. The summed E-state index contributed by atoms with van der Waals surface area (Å²) in [5, 5.41) is 0.856. The van der Waals surface area contributed by atoms with Crippen LogP contribution in [0.3, 0.4) is 0 Å². The lowest BCUT2D eigenvalue weighted by molar-refractivity contribution is -0.139. The smallest absolute Gasteiger partial charge is 0.338 e. The van der Waals surface area contributed by atoms with Crippen LogP contribution in [0.25, 0.3) is 17.4 Å². The van der Waals surface area contributed by atoms with E-state index in [9.17, 15) is 9.59 Å². The summed E-state index contributed by atoms with van der Waals surface area (Å²) in [6.45, 7) is 5.92. The Bertz CT molecular complexity index is 1850. The lowest BCUT2D eigenvalue weighted by Crippen LogP contribution is -2.39. The molecule has 41 heavy (non-hydrogen) atoms. The maximum atomic E-state index is 13.9. The van der Waals surface area contributed by atoms with Crippen molar-refractivity contribution in [3.63, 3.8) is 0 Å². The van der Waals surface area contributed by atoms with Crippen molar-refractivity contribution in [3.05, 3.63) is 101 Å². The van der Waals surface area contributed by atoms with Crippen LogP contribution in [0.15, 0.2) is 74.0 Å². The number of furan rings is 1. The molecule has 2 aromatic carbocycles. The molecule has 0 radical (unpaired) electrons. The van der Waals surface area contributed by atoms with Crippen molar-refractivity contribution in [1.29, 1.82) is 0 Å². The van der Waals surface area contributed by atoms with E-state index in [0.29, 0.717) is 60.3 Å². The van der Waals surface area contributed by atoms with Gasteiger partial charge < -0.3 is 18.6 Å². The minimum Gasteiger partial charge on any atom is -0.493 e. The van der Waals surface area contributed by atoms with Gasteiger partial charge >= 0.3 is 5.97 Å². The molecule has 0 amide bonds. The Morgan fingerprint density at radius 2 is 1.88 bits per heavy atom. The Kier molecular flexibility index (Phi) is 8.40. The van der Waals surface area contributed by atoms with Crippen LogP contribution in [-0.4, -0.2) is 30.9 Å². The second-order valence-corrected chi connectivity index (χ2v) is 10.8. The maximum Gasteiger partial charge on any atom is 0.338 e. The Balaban J connectivity index is 1.65. The van der Waals surface area contributed by atoms with Gasteiger partial charge in [-0.2, -0.15) is 0 Å². The highest BCUT2D eigenvalue weighted by Crippen LogP contribution is 2.36. The average molecular weight is 614 g/mol. The van der Waals surface area contributed by atoms with Gasteiger partial charge in [-0.15, -0.1) is 0 Å². The van der Waals surface area contributed by atoms with Crippen LogP contribution < -0.4 is 24.4 Å². The summed E-state index contributed by atoms with van der Waals surface area (Å²) in [4.78, 5) is 32.1. The molecule has 0 aliphatic carbocycles. The number of thiazole rings is 1. The molecule has 4 aromatic rings. The van der Waals surface area contributed by atoms with Crippen molar-refractivity contribution in [2.24, 2.45) is 4.99 Å². The molecule has 212 valence electrons. The predicted molar refractivity (Wildman–Crippen MR) is 159 cm³/mol. The molecule has 3 heterocycles. The van der Waals surface area contributed by atoms with E-state index in [-0.39, 0.29) is 17.7 Å². The monoisotopic (exact) mass is 612 g/mol. The molecule has 0 N–H and O–H groups in total. The fraction of sp³-hybridized carbons (Fsp3) is 0.233. The van der Waals surface area contributed by atoms with Gasteiger partial charge in [-0.1, -0.05) is 40.6 Å². The van der Waals surface area contributed by atoms with Crippen LogP contribution in [0.4, 0.5) is 0 Å². The zero-order valence-corrected chi connectivity index (χ0v) is 25.0. The number of fused-ring (bicyclic) bond motifs is 1. The highest BCUT2D eigenvalue weighted by Gasteiger charge is 2.34. The Morgan fingerprint density at radius 1 is 1.07 bits per heavy atom. The lowest BCUT2D eigenvalue weighted by atomic mass is 9.95. The first-order valence-corrected chi connectivity index (χ1v) is 14.4. The number of methoxy groups -OCH3 is 1. The molecule has 1 unspecified atom stereocenters. The topological polar surface area (TPSA) is 92.3 Å². The minimum absolute atomic E-state index is 0.180. The number of halogens is 2. The first-order valence-electron chi connectivity index (χ1n) is 12.8. The molecule has 0 saturated carbocycles. The Labute approximate surface area is 249 Å². The van der Waals surface area contributed by atoms with E-state index in [0.717, 1.165) is 5.56 Å². The fourth-order valence-corrected chi connectivity index (χ4v) is 5.93. The summed E-state index contributed by atoms with van der Waals surface area (Å²) in [6.07, 6.45) is 1.66. The molecule has 2 aromatic heterocycles. The van der Waals surface area contributed by atoms with Crippen molar-refractivity contribution in [2.75, 3.05) is 20.3 Å². The van der Waals surface area contributed by atoms with E-state index in [1.165, 1.54) is 15.9 Å². The number of nitrogens with zero attached hydrogens (tertiary/aromatic N) is 2. The lowest BCUT2D eigenvalue weighted by Gasteiger charge is -2.25. The number of esters is 1. The highest BCUT2D eigenvalue weighted by atomic mass is 35.5. The third-order valence-corrected chi connectivity index (χ3v) is 8.15. The minimum atomic E-state index is -0.791. The number of hydrogen-bond donors (Lipinski definition) is 0. The summed E-state index contributed by atoms with van der Waals surface area (Å²) in [5.41, 5.74) is 1.82.